The molecule has 0 atom stereocenters. The van der Waals surface area contributed by atoms with Crippen molar-refractivity contribution < 1.29 is 19.0 Å². The maximum Gasteiger partial charge on any atom is 0.166 e. The minimum absolute atomic E-state index is 0.0540. The molecule has 0 radical (unpaired) electrons. The Bertz CT molecular complexity index is 419. The lowest BCUT2D eigenvalue weighted by molar-refractivity contribution is 0.213. The minimum Gasteiger partial charge on any atom is -0.493 e. The Kier molecular flexibility index (Phi) is 4.22. The molecule has 0 bridgehead atoms. The first kappa shape index (κ1) is 14.1. The van der Waals surface area contributed by atoms with Gasteiger partial charge in [0.2, 0.25) is 0 Å². The van der Waals surface area contributed by atoms with E-state index in [2.05, 4.69) is 0 Å². The minimum atomic E-state index is -0.724. The molecule has 1 rings (SSSR count). The lowest BCUT2D eigenvalue weighted by Gasteiger charge is -2.27. The Morgan fingerprint density at radius 2 is 1.94 bits per heavy atom. The van der Waals surface area contributed by atoms with Crippen LogP contribution in [0.1, 0.15) is 19.4 Å². The molecular weight excluding hydrogens is 247 g/mol. The number of methoxy groups -OCH3 is 2. The van der Waals surface area contributed by atoms with Gasteiger partial charge in [0.25, 0.3) is 0 Å². The van der Waals surface area contributed by atoms with Crippen LogP contribution in [0, 0.1) is 5.82 Å². The number of aliphatic hydroxyl groups is 1. The van der Waals surface area contributed by atoms with Crippen molar-refractivity contribution in [3.63, 3.8) is 0 Å². The number of halogens is 2. The number of benzene rings is 1. The molecule has 5 heteroatoms. The van der Waals surface area contributed by atoms with Gasteiger partial charge in [0.05, 0.1) is 25.8 Å². The summed E-state index contributed by atoms with van der Waals surface area (Å²) in [6.45, 7) is 3.31. The molecule has 3 nitrogen and oxygen atoms in total. The van der Waals surface area contributed by atoms with E-state index in [1.807, 2.05) is 0 Å². The van der Waals surface area contributed by atoms with Crippen LogP contribution < -0.4 is 9.47 Å². The summed E-state index contributed by atoms with van der Waals surface area (Å²) in [5.74, 6) is 0.00437. The number of ether oxygens (including phenoxy) is 2. The van der Waals surface area contributed by atoms with Gasteiger partial charge in [-0.2, -0.15) is 0 Å². The monoisotopic (exact) mass is 262 g/mol. The predicted molar refractivity (Wildman–Crippen MR) is 64.6 cm³/mol. The molecule has 1 N–H and O–H groups in total. The lowest BCUT2D eigenvalue weighted by atomic mass is 9.84. The molecule has 17 heavy (non-hydrogen) atoms. The van der Waals surface area contributed by atoms with Gasteiger partial charge in [-0.05, 0) is 0 Å². The first-order valence-electron chi connectivity index (χ1n) is 5.10. The summed E-state index contributed by atoms with van der Waals surface area (Å²) in [7, 11) is 2.87. The molecule has 0 aliphatic carbocycles. The Morgan fingerprint density at radius 1 is 1.35 bits per heavy atom. The van der Waals surface area contributed by atoms with Gasteiger partial charge in [-0.25, -0.2) is 4.39 Å². The van der Waals surface area contributed by atoms with Crippen LogP contribution in [0.3, 0.4) is 0 Å². The van der Waals surface area contributed by atoms with E-state index >= 15 is 0 Å². The average molecular weight is 263 g/mol. The third kappa shape index (κ3) is 2.48. The van der Waals surface area contributed by atoms with E-state index in [1.54, 1.807) is 13.8 Å². The third-order valence-electron chi connectivity index (χ3n) is 2.63. The van der Waals surface area contributed by atoms with Gasteiger partial charge in [-0.15, -0.1) is 0 Å². The summed E-state index contributed by atoms with van der Waals surface area (Å²) in [5, 5.41) is 9.31. The van der Waals surface area contributed by atoms with E-state index in [9.17, 15) is 9.50 Å². The van der Waals surface area contributed by atoms with Crippen LogP contribution in [0.25, 0.3) is 0 Å². The summed E-state index contributed by atoms with van der Waals surface area (Å²) in [6, 6.07) is 1.16. The number of hydrogen-bond acceptors (Lipinski definition) is 3. The first-order chi connectivity index (χ1) is 7.88. The third-order valence-corrected chi connectivity index (χ3v) is 3.00. The fraction of sp³-hybridized carbons (Fsp3) is 0.500. The van der Waals surface area contributed by atoms with E-state index in [4.69, 9.17) is 21.1 Å². The van der Waals surface area contributed by atoms with Crippen LogP contribution in [-0.2, 0) is 5.41 Å². The summed E-state index contributed by atoms with van der Waals surface area (Å²) < 4.78 is 23.9. The maximum absolute atomic E-state index is 13.7. The van der Waals surface area contributed by atoms with Crippen LogP contribution in [-0.4, -0.2) is 25.9 Å². The molecule has 0 saturated carbocycles. The molecule has 0 fully saturated rings. The SMILES string of the molecule is COc1cc(F)c(Cl)c(C(C)(C)CO)c1OC. The largest absolute Gasteiger partial charge is 0.493 e. The molecule has 0 aromatic heterocycles. The molecule has 1 aromatic rings. The van der Waals surface area contributed by atoms with Gasteiger partial charge in [0.15, 0.2) is 11.5 Å². The van der Waals surface area contributed by atoms with Crippen LogP contribution >= 0.6 is 11.6 Å². The zero-order chi connectivity index (χ0) is 13.2. The second kappa shape index (κ2) is 5.10. The van der Waals surface area contributed by atoms with Gasteiger partial charge in [-0.1, -0.05) is 25.4 Å². The highest BCUT2D eigenvalue weighted by molar-refractivity contribution is 6.32. The zero-order valence-electron chi connectivity index (χ0n) is 10.3. The number of aliphatic hydroxyl groups excluding tert-OH is 1. The second-order valence-electron chi connectivity index (χ2n) is 4.32. The highest BCUT2D eigenvalue weighted by Gasteiger charge is 2.31. The van der Waals surface area contributed by atoms with Gasteiger partial charge in [0, 0.05) is 17.0 Å². The first-order valence-corrected chi connectivity index (χ1v) is 5.48. The maximum atomic E-state index is 13.7. The predicted octanol–water partition coefficient (Wildman–Crippen LogP) is 2.77. The summed E-state index contributed by atoms with van der Waals surface area (Å²) >= 11 is 5.95. The Morgan fingerprint density at radius 3 is 2.35 bits per heavy atom. The average Bonchev–Trinajstić information content (AvgIpc) is 2.31. The van der Waals surface area contributed by atoms with Crippen LogP contribution in [0.2, 0.25) is 5.02 Å². The summed E-state index contributed by atoms with van der Waals surface area (Å²) in [5.41, 5.74) is -0.321. The second-order valence-corrected chi connectivity index (χ2v) is 4.70. The molecule has 1 aromatic carbocycles. The number of rotatable bonds is 4. The Balaban J connectivity index is 3.60. The van der Waals surface area contributed by atoms with Crippen LogP contribution in [0.5, 0.6) is 11.5 Å². The lowest BCUT2D eigenvalue weighted by Crippen LogP contribution is -2.24. The molecule has 0 aliphatic heterocycles. The summed E-state index contributed by atoms with van der Waals surface area (Å²) in [4.78, 5) is 0. The van der Waals surface area contributed by atoms with Gasteiger partial charge >= 0.3 is 0 Å². The normalized spacial score (nSPS) is 11.5. The van der Waals surface area contributed by atoms with E-state index < -0.39 is 11.2 Å². The van der Waals surface area contributed by atoms with Crippen molar-refractivity contribution in [3.05, 3.63) is 22.5 Å². The zero-order valence-corrected chi connectivity index (χ0v) is 11.1. The molecule has 0 unspecified atom stereocenters. The Hall–Kier alpha value is -1.00. The molecule has 96 valence electrons. The fourth-order valence-corrected chi connectivity index (χ4v) is 2.02. The smallest absolute Gasteiger partial charge is 0.166 e. The molecule has 0 saturated heterocycles. The quantitative estimate of drug-likeness (QED) is 0.907. The number of hydrogen-bond donors (Lipinski definition) is 1. The van der Waals surface area contributed by atoms with Crippen molar-refractivity contribution in [1.82, 2.24) is 0 Å². The van der Waals surface area contributed by atoms with Crippen molar-refractivity contribution in [2.24, 2.45) is 0 Å². The molecule has 0 amide bonds. The summed E-state index contributed by atoms with van der Waals surface area (Å²) in [6.07, 6.45) is 0. The molecule has 0 aliphatic rings. The van der Waals surface area contributed by atoms with E-state index in [0.717, 1.165) is 6.07 Å². The Labute approximate surface area is 105 Å². The van der Waals surface area contributed by atoms with E-state index in [0.29, 0.717) is 11.3 Å². The van der Waals surface area contributed by atoms with Crippen LogP contribution in [0.15, 0.2) is 6.07 Å². The molecular formula is C12H16ClFO3. The van der Waals surface area contributed by atoms with Crippen LogP contribution in [0.4, 0.5) is 4.39 Å². The van der Waals surface area contributed by atoms with Gasteiger partial charge in [0.1, 0.15) is 5.82 Å². The molecule has 0 heterocycles. The highest BCUT2D eigenvalue weighted by atomic mass is 35.5. The topological polar surface area (TPSA) is 38.7 Å². The van der Waals surface area contributed by atoms with Gasteiger partial charge < -0.3 is 14.6 Å². The standard InChI is InChI=1S/C12H16ClFO3/c1-12(2,6-15)9-10(13)7(14)5-8(16-3)11(9)17-4/h5,15H,6H2,1-4H3. The van der Waals surface area contributed by atoms with Crippen molar-refractivity contribution in [3.8, 4) is 11.5 Å². The molecule has 0 spiro atoms. The fourth-order valence-electron chi connectivity index (χ4n) is 1.62. The highest BCUT2D eigenvalue weighted by Crippen LogP contribution is 2.44. The van der Waals surface area contributed by atoms with Gasteiger partial charge in [-0.3, -0.25) is 0 Å². The van der Waals surface area contributed by atoms with Crippen molar-refractivity contribution in [2.45, 2.75) is 19.3 Å². The van der Waals surface area contributed by atoms with Crippen molar-refractivity contribution >= 4 is 11.6 Å². The van der Waals surface area contributed by atoms with E-state index in [1.165, 1.54) is 14.2 Å². The van der Waals surface area contributed by atoms with Crippen molar-refractivity contribution in [2.75, 3.05) is 20.8 Å². The van der Waals surface area contributed by atoms with Crippen molar-refractivity contribution in [1.29, 1.82) is 0 Å². The van der Waals surface area contributed by atoms with E-state index in [-0.39, 0.29) is 17.4 Å².